The van der Waals surface area contributed by atoms with Crippen LogP contribution in [0.1, 0.15) is 41.8 Å². The Kier molecular flexibility index (Phi) is 6.70. The fourth-order valence-electron chi connectivity index (χ4n) is 5.11. The highest BCUT2D eigenvalue weighted by Gasteiger charge is 2.42. The second kappa shape index (κ2) is 10.0. The molecule has 0 radical (unpaired) electrons. The standard InChI is InChI=1S/C28H33N3O3/c1-30(23-6-3-2-4-7-23)24-11-9-22(10-12-24)21-31-17-15-28(16-18-31)14-13-25(34-28)20-29-27(32)26-8-5-19-33-26/h2-12,19,25H,13-18,20-21H2,1H3,(H,29,32). The Bertz CT molecular complexity index is 1060. The van der Waals surface area contributed by atoms with Crippen molar-refractivity contribution in [3.63, 3.8) is 0 Å². The van der Waals surface area contributed by atoms with Crippen LogP contribution < -0.4 is 10.2 Å². The highest BCUT2D eigenvalue weighted by Crippen LogP contribution is 2.39. The zero-order chi connectivity index (χ0) is 23.4. The predicted molar refractivity (Wildman–Crippen MR) is 133 cm³/mol. The quantitative estimate of drug-likeness (QED) is 0.539. The molecule has 34 heavy (non-hydrogen) atoms. The Morgan fingerprint density at radius 1 is 1.00 bits per heavy atom. The van der Waals surface area contributed by atoms with Crippen LogP contribution in [0.3, 0.4) is 0 Å². The Morgan fingerprint density at radius 2 is 1.74 bits per heavy atom. The maximum atomic E-state index is 12.1. The summed E-state index contributed by atoms with van der Waals surface area (Å²) in [6.07, 6.45) is 5.76. The molecular formula is C28H33N3O3. The summed E-state index contributed by atoms with van der Waals surface area (Å²) in [6.45, 7) is 3.58. The Hall–Kier alpha value is -3.09. The summed E-state index contributed by atoms with van der Waals surface area (Å²) in [6, 6.07) is 22.7. The summed E-state index contributed by atoms with van der Waals surface area (Å²) in [7, 11) is 2.10. The van der Waals surface area contributed by atoms with Crippen molar-refractivity contribution in [2.45, 2.75) is 43.9 Å². The monoisotopic (exact) mass is 459 g/mol. The van der Waals surface area contributed by atoms with Crippen molar-refractivity contribution in [1.29, 1.82) is 0 Å². The minimum absolute atomic E-state index is 0.0289. The smallest absolute Gasteiger partial charge is 0.287 e. The molecule has 5 rings (SSSR count). The fourth-order valence-corrected chi connectivity index (χ4v) is 5.11. The highest BCUT2D eigenvalue weighted by atomic mass is 16.5. The largest absolute Gasteiger partial charge is 0.459 e. The lowest BCUT2D eigenvalue weighted by Crippen LogP contribution is -2.44. The van der Waals surface area contributed by atoms with E-state index >= 15 is 0 Å². The molecule has 2 fully saturated rings. The SMILES string of the molecule is CN(c1ccccc1)c1ccc(CN2CCC3(CCC(CNC(=O)c4ccco4)O3)CC2)cc1. The van der Waals surface area contributed by atoms with E-state index in [0.29, 0.717) is 12.3 Å². The number of hydrogen-bond donors (Lipinski definition) is 1. The summed E-state index contributed by atoms with van der Waals surface area (Å²) < 4.78 is 11.6. The number of amides is 1. The van der Waals surface area contributed by atoms with Crippen molar-refractivity contribution in [3.8, 4) is 0 Å². The molecule has 1 N–H and O–H groups in total. The molecule has 3 aromatic rings. The van der Waals surface area contributed by atoms with Gasteiger partial charge in [0.1, 0.15) is 0 Å². The van der Waals surface area contributed by atoms with Gasteiger partial charge in [-0.25, -0.2) is 0 Å². The number of anilines is 2. The van der Waals surface area contributed by atoms with E-state index in [2.05, 4.69) is 70.7 Å². The maximum absolute atomic E-state index is 12.1. The molecule has 178 valence electrons. The van der Waals surface area contributed by atoms with Gasteiger partial charge >= 0.3 is 0 Å². The summed E-state index contributed by atoms with van der Waals surface area (Å²) in [4.78, 5) is 16.8. The molecule has 6 heteroatoms. The minimum atomic E-state index is -0.176. The summed E-state index contributed by atoms with van der Waals surface area (Å²) in [5.41, 5.74) is 3.69. The number of para-hydroxylation sites is 1. The van der Waals surface area contributed by atoms with E-state index in [1.165, 1.54) is 23.2 Å². The number of carbonyl (C=O) groups is 1. The molecule has 0 aliphatic carbocycles. The first-order valence-electron chi connectivity index (χ1n) is 12.2. The normalized spacial score (nSPS) is 19.9. The van der Waals surface area contributed by atoms with Crippen LogP contribution in [-0.2, 0) is 11.3 Å². The number of rotatable bonds is 7. The van der Waals surface area contributed by atoms with E-state index in [1.54, 1.807) is 12.1 Å². The fraction of sp³-hybridized carbons (Fsp3) is 0.393. The van der Waals surface area contributed by atoms with Crippen LogP contribution in [0.15, 0.2) is 77.4 Å². The summed E-state index contributed by atoms with van der Waals surface area (Å²) in [5.74, 6) is 0.172. The number of hydrogen-bond acceptors (Lipinski definition) is 5. The lowest BCUT2D eigenvalue weighted by atomic mass is 9.88. The molecule has 6 nitrogen and oxygen atoms in total. The lowest BCUT2D eigenvalue weighted by molar-refractivity contribution is -0.0764. The van der Waals surface area contributed by atoms with Crippen LogP contribution >= 0.6 is 0 Å². The third kappa shape index (κ3) is 5.18. The molecule has 1 aromatic heterocycles. The molecule has 3 heterocycles. The van der Waals surface area contributed by atoms with Crippen LogP contribution in [0.25, 0.3) is 0 Å². The van der Waals surface area contributed by atoms with Gasteiger partial charge in [-0.15, -0.1) is 0 Å². The van der Waals surface area contributed by atoms with E-state index in [0.717, 1.165) is 45.3 Å². The molecule has 1 unspecified atom stereocenters. The van der Waals surface area contributed by atoms with E-state index in [-0.39, 0.29) is 17.6 Å². The highest BCUT2D eigenvalue weighted by molar-refractivity contribution is 5.91. The third-order valence-electron chi connectivity index (χ3n) is 7.21. The molecule has 2 aliphatic heterocycles. The Labute approximate surface area is 201 Å². The van der Waals surface area contributed by atoms with Crippen LogP contribution in [0.4, 0.5) is 11.4 Å². The van der Waals surface area contributed by atoms with E-state index < -0.39 is 0 Å². The van der Waals surface area contributed by atoms with Crippen molar-refractivity contribution in [3.05, 3.63) is 84.3 Å². The number of likely N-dealkylation sites (tertiary alicyclic amines) is 1. The number of carbonyl (C=O) groups excluding carboxylic acids is 1. The van der Waals surface area contributed by atoms with Gasteiger partial charge in [-0.05, 0) is 67.6 Å². The predicted octanol–water partition coefficient (Wildman–Crippen LogP) is 4.99. The molecular weight excluding hydrogens is 426 g/mol. The number of nitrogens with one attached hydrogen (secondary N) is 1. The van der Waals surface area contributed by atoms with Crippen LogP contribution in [0.2, 0.25) is 0 Å². The minimum Gasteiger partial charge on any atom is -0.459 e. The molecule has 1 amide bonds. The van der Waals surface area contributed by atoms with Crippen LogP contribution in [0, 0.1) is 0 Å². The van der Waals surface area contributed by atoms with Crippen molar-refractivity contribution in [2.75, 3.05) is 31.6 Å². The van der Waals surface area contributed by atoms with Gasteiger partial charge in [0.25, 0.3) is 5.91 Å². The topological polar surface area (TPSA) is 58.0 Å². The zero-order valence-electron chi connectivity index (χ0n) is 19.8. The van der Waals surface area contributed by atoms with E-state index in [9.17, 15) is 4.79 Å². The number of nitrogens with zero attached hydrogens (tertiary/aromatic N) is 2. The molecule has 1 atom stereocenters. The van der Waals surface area contributed by atoms with Crippen LogP contribution in [0.5, 0.6) is 0 Å². The Balaban J connectivity index is 1.08. The first-order valence-corrected chi connectivity index (χ1v) is 12.2. The van der Waals surface area contributed by atoms with Gasteiger partial charge < -0.3 is 19.4 Å². The van der Waals surface area contributed by atoms with E-state index in [4.69, 9.17) is 9.15 Å². The van der Waals surface area contributed by atoms with Crippen molar-refractivity contribution in [1.82, 2.24) is 10.2 Å². The second-order valence-corrected chi connectivity index (χ2v) is 9.49. The summed E-state index contributed by atoms with van der Waals surface area (Å²) >= 11 is 0. The number of ether oxygens (including phenoxy) is 1. The van der Waals surface area contributed by atoms with Gasteiger partial charge in [-0.1, -0.05) is 30.3 Å². The number of benzene rings is 2. The maximum Gasteiger partial charge on any atom is 0.287 e. The molecule has 0 saturated carbocycles. The van der Waals surface area contributed by atoms with Crippen molar-refractivity contribution >= 4 is 17.3 Å². The molecule has 2 saturated heterocycles. The number of furan rings is 1. The molecule has 2 aliphatic rings. The van der Waals surface area contributed by atoms with Crippen molar-refractivity contribution < 1.29 is 13.9 Å². The molecule has 2 aromatic carbocycles. The van der Waals surface area contributed by atoms with Gasteiger partial charge in [-0.2, -0.15) is 0 Å². The van der Waals surface area contributed by atoms with Crippen LogP contribution in [-0.4, -0.2) is 49.2 Å². The number of piperidine rings is 1. The van der Waals surface area contributed by atoms with Crippen molar-refractivity contribution in [2.24, 2.45) is 0 Å². The van der Waals surface area contributed by atoms with Gasteiger partial charge in [0.15, 0.2) is 5.76 Å². The van der Waals surface area contributed by atoms with Gasteiger partial charge in [0.2, 0.25) is 0 Å². The lowest BCUT2D eigenvalue weighted by Gasteiger charge is -2.39. The van der Waals surface area contributed by atoms with Gasteiger partial charge in [0, 0.05) is 44.6 Å². The second-order valence-electron chi connectivity index (χ2n) is 9.49. The van der Waals surface area contributed by atoms with Gasteiger partial charge in [-0.3, -0.25) is 9.69 Å². The zero-order valence-corrected chi connectivity index (χ0v) is 19.8. The Morgan fingerprint density at radius 3 is 2.44 bits per heavy atom. The third-order valence-corrected chi connectivity index (χ3v) is 7.21. The first-order chi connectivity index (χ1) is 16.6. The average Bonchev–Trinajstić information content (AvgIpc) is 3.56. The van der Waals surface area contributed by atoms with E-state index in [1.807, 2.05) is 6.07 Å². The van der Waals surface area contributed by atoms with Gasteiger partial charge in [0.05, 0.1) is 18.0 Å². The summed E-state index contributed by atoms with van der Waals surface area (Å²) in [5, 5.41) is 2.94. The first kappa shape index (κ1) is 22.7. The average molecular weight is 460 g/mol. The molecule has 1 spiro atoms. The molecule has 0 bridgehead atoms.